The molecule has 9 heteroatoms. The van der Waals surface area contributed by atoms with Crippen molar-refractivity contribution in [1.29, 1.82) is 0 Å². The van der Waals surface area contributed by atoms with Gasteiger partial charge in [-0.25, -0.2) is 13.6 Å². The summed E-state index contributed by atoms with van der Waals surface area (Å²) in [4.78, 5) is 24.2. The number of hydrogen-bond donors (Lipinski definition) is 0. The molecule has 0 aliphatic rings. The quantitative estimate of drug-likeness (QED) is 0.366. The molecule has 18 heavy (non-hydrogen) atoms. The molecule has 0 aliphatic carbocycles. The first-order valence-electron chi connectivity index (χ1n) is 4.68. The maximum absolute atomic E-state index is 12.5. The molecule has 0 aromatic carbocycles. The van der Waals surface area contributed by atoms with E-state index in [1.54, 1.807) is 0 Å². The number of pyridine rings is 1. The van der Waals surface area contributed by atoms with Gasteiger partial charge in [0.1, 0.15) is 0 Å². The number of nitro groups is 1. The Morgan fingerprint density at radius 1 is 1.67 bits per heavy atom. The summed E-state index contributed by atoms with van der Waals surface area (Å²) >= 11 is 5.37. The second kappa shape index (κ2) is 5.67. The van der Waals surface area contributed by atoms with Gasteiger partial charge in [0.15, 0.2) is 5.56 Å². The summed E-state index contributed by atoms with van der Waals surface area (Å²) in [5, 5.41) is 9.94. The first-order chi connectivity index (χ1) is 8.38. The molecule has 0 unspecified atom stereocenters. The van der Waals surface area contributed by atoms with Crippen molar-refractivity contribution in [3.05, 3.63) is 32.5 Å². The van der Waals surface area contributed by atoms with Crippen molar-refractivity contribution in [1.82, 2.24) is 4.98 Å². The molecule has 0 amide bonds. The zero-order chi connectivity index (χ0) is 13.9. The summed E-state index contributed by atoms with van der Waals surface area (Å²) in [6, 6.07) is 0.621. The van der Waals surface area contributed by atoms with Crippen LogP contribution < -0.4 is 0 Å². The van der Waals surface area contributed by atoms with Crippen LogP contribution in [0.1, 0.15) is 29.3 Å². The van der Waals surface area contributed by atoms with Gasteiger partial charge < -0.3 is 14.9 Å². The molecule has 0 aliphatic heterocycles. The highest BCUT2D eigenvalue weighted by molar-refractivity contribution is 6.30. The molecule has 6 nitrogen and oxygen atoms in total. The number of hydrogen-bond acceptors (Lipinski definition) is 5. The molecule has 0 atom stereocenters. The van der Waals surface area contributed by atoms with E-state index in [1.807, 2.05) is 0 Å². The van der Waals surface area contributed by atoms with Crippen molar-refractivity contribution in [3.63, 3.8) is 0 Å². The first-order valence-corrected chi connectivity index (χ1v) is 5.06. The van der Waals surface area contributed by atoms with Gasteiger partial charge in [-0.05, 0) is 34.5 Å². The highest BCUT2D eigenvalue weighted by atomic mass is 35.5. The predicted molar refractivity (Wildman–Crippen MR) is 56.8 cm³/mol. The van der Waals surface area contributed by atoms with Crippen LogP contribution >= 0.6 is 11.6 Å². The summed E-state index contributed by atoms with van der Waals surface area (Å²) in [5.41, 5.74) is -1.41. The van der Waals surface area contributed by atoms with E-state index < -0.39 is 39.4 Å². The molecule has 1 aromatic rings. The minimum absolute atomic E-state index is 0.0530. The number of alkyl halides is 2. The second-order valence-corrected chi connectivity index (χ2v) is 3.38. The Morgan fingerprint density at radius 2 is 2.28 bits per heavy atom. The number of nitrogens with zero attached hydrogens (tertiary/aromatic N) is 2. The van der Waals surface area contributed by atoms with Crippen LogP contribution in [-0.2, 0) is 4.74 Å². The second-order valence-electron chi connectivity index (χ2n) is 3.02. The van der Waals surface area contributed by atoms with E-state index >= 15 is 0 Å². The fraction of sp³-hybridized carbons (Fsp3) is 0.333. The van der Waals surface area contributed by atoms with Crippen LogP contribution in [0.15, 0.2) is 6.07 Å². The normalized spacial score (nSPS) is 10.5. The average Bonchev–Trinajstić information content (AvgIpc) is 2.28. The van der Waals surface area contributed by atoms with Gasteiger partial charge in [-0.1, -0.05) is 0 Å². The molecular formula is C9H7ClF2N2O4. The van der Waals surface area contributed by atoms with Crippen molar-refractivity contribution in [2.45, 2.75) is 13.3 Å². The standard InChI is InChI=1S/C9H7ClF2N2O4/c1-2-18-9(15)5-3-4(7(11)12)6(10)13-8(5)14(16)17/h3,7H,2H2,1H3. The molecule has 0 bridgehead atoms. The average molecular weight is 281 g/mol. The Balaban J connectivity index is 3.40. The summed E-state index contributed by atoms with van der Waals surface area (Å²) < 4.78 is 29.6. The van der Waals surface area contributed by atoms with Crippen LogP contribution in [0.5, 0.6) is 0 Å². The van der Waals surface area contributed by atoms with Gasteiger partial charge in [-0.15, -0.1) is 0 Å². The molecule has 0 radical (unpaired) electrons. The van der Waals surface area contributed by atoms with Crippen LogP contribution in [0.25, 0.3) is 0 Å². The van der Waals surface area contributed by atoms with Gasteiger partial charge in [0.2, 0.25) is 0 Å². The van der Waals surface area contributed by atoms with Crippen LogP contribution in [-0.4, -0.2) is 22.5 Å². The number of ether oxygens (including phenoxy) is 1. The van der Waals surface area contributed by atoms with E-state index in [-0.39, 0.29) is 6.61 Å². The molecule has 0 fully saturated rings. The zero-order valence-corrected chi connectivity index (χ0v) is 9.78. The number of aromatic nitrogens is 1. The minimum atomic E-state index is -3.00. The van der Waals surface area contributed by atoms with E-state index in [0.717, 1.165) is 0 Å². The lowest BCUT2D eigenvalue weighted by Gasteiger charge is -2.05. The van der Waals surface area contributed by atoms with Crippen molar-refractivity contribution in [2.24, 2.45) is 0 Å². The fourth-order valence-electron chi connectivity index (χ4n) is 1.15. The van der Waals surface area contributed by atoms with Crippen molar-refractivity contribution >= 4 is 23.4 Å². The molecule has 0 saturated carbocycles. The first kappa shape index (κ1) is 14.2. The smallest absolute Gasteiger partial charge is 0.379 e. The summed E-state index contributed by atoms with van der Waals surface area (Å²) in [5.74, 6) is -2.02. The Morgan fingerprint density at radius 3 is 2.72 bits per heavy atom. The molecule has 0 spiro atoms. The molecule has 1 aromatic heterocycles. The van der Waals surface area contributed by atoms with Gasteiger partial charge >= 0.3 is 11.8 Å². The Hall–Kier alpha value is -1.83. The van der Waals surface area contributed by atoms with E-state index in [0.29, 0.717) is 6.07 Å². The lowest BCUT2D eigenvalue weighted by Crippen LogP contribution is -2.11. The van der Waals surface area contributed by atoms with Crippen molar-refractivity contribution < 1.29 is 23.2 Å². The van der Waals surface area contributed by atoms with Gasteiger partial charge in [0, 0.05) is 0 Å². The fourth-order valence-corrected chi connectivity index (χ4v) is 1.37. The number of rotatable bonds is 4. The van der Waals surface area contributed by atoms with Crippen LogP contribution in [0.3, 0.4) is 0 Å². The van der Waals surface area contributed by atoms with Crippen molar-refractivity contribution in [3.8, 4) is 0 Å². The Labute approximate surface area is 105 Å². The van der Waals surface area contributed by atoms with Gasteiger partial charge in [0.05, 0.1) is 12.2 Å². The maximum Gasteiger partial charge on any atom is 0.379 e. The third-order valence-corrected chi connectivity index (χ3v) is 2.19. The molecule has 1 rings (SSSR count). The van der Waals surface area contributed by atoms with Crippen LogP contribution in [0, 0.1) is 10.1 Å². The Kier molecular flexibility index (Phi) is 4.49. The number of carbonyl (C=O) groups is 1. The largest absolute Gasteiger partial charge is 0.462 e. The van der Waals surface area contributed by atoms with Crippen LogP contribution in [0.4, 0.5) is 14.6 Å². The molecule has 1 heterocycles. The number of esters is 1. The highest BCUT2D eigenvalue weighted by Crippen LogP contribution is 2.30. The highest BCUT2D eigenvalue weighted by Gasteiger charge is 2.29. The van der Waals surface area contributed by atoms with Gasteiger partial charge in [-0.2, -0.15) is 0 Å². The van der Waals surface area contributed by atoms with Gasteiger partial charge in [-0.3, -0.25) is 0 Å². The molecule has 98 valence electrons. The summed E-state index contributed by atoms with van der Waals surface area (Å²) in [6.45, 7) is 1.42. The maximum atomic E-state index is 12.5. The van der Waals surface area contributed by atoms with E-state index in [9.17, 15) is 23.7 Å². The third-order valence-electron chi connectivity index (χ3n) is 1.89. The van der Waals surface area contributed by atoms with E-state index in [4.69, 9.17) is 11.6 Å². The van der Waals surface area contributed by atoms with Crippen LogP contribution in [0.2, 0.25) is 5.15 Å². The summed E-state index contributed by atoms with van der Waals surface area (Å²) in [7, 11) is 0. The topological polar surface area (TPSA) is 82.3 Å². The third kappa shape index (κ3) is 2.89. The predicted octanol–water partition coefficient (Wildman–Crippen LogP) is 2.76. The zero-order valence-electron chi connectivity index (χ0n) is 9.02. The number of carbonyl (C=O) groups excluding carboxylic acids is 1. The monoisotopic (exact) mass is 280 g/mol. The summed E-state index contributed by atoms with van der Waals surface area (Å²) in [6.07, 6.45) is -3.00. The molecule has 0 N–H and O–H groups in total. The van der Waals surface area contributed by atoms with Crippen molar-refractivity contribution in [2.75, 3.05) is 6.61 Å². The molecule has 0 saturated heterocycles. The Bertz CT molecular complexity index is 496. The number of halogens is 3. The SMILES string of the molecule is CCOC(=O)c1cc(C(F)F)c(Cl)nc1[N+](=O)[O-]. The van der Waals surface area contributed by atoms with Gasteiger partial charge in [0.25, 0.3) is 11.6 Å². The lowest BCUT2D eigenvalue weighted by molar-refractivity contribution is -0.389. The molecular weight excluding hydrogens is 274 g/mol. The lowest BCUT2D eigenvalue weighted by atomic mass is 10.2. The minimum Gasteiger partial charge on any atom is -0.462 e. The van der Waals surface area contributed by atoms with E-state index in [1.165, 1.54) is 6.92 Å². The van der Waals surface area contributed by atoms with E-state index in [2.05, 4.69) is 9.72 Å².